The van der Waals surface area contributed by atoms with Crippen LogP contribution in [0.2, 0.25) is 5.02 Å². The van der Waals surface area contributed by atoms with Crippen LogP contribution in [0.5, 0.6) is 11.5 Å². The summed E-state index contributed by atoms with van der Waals surface area (Å²) in [5.74, 6) is -4.10. The van der Waals surface area contributed by atoms with E-state index in [1.54, 1.807) is 36.5 Å². The van der Waals surface area contributed by atoms with E-state index in [1.807, 2.05) is 18.2 Å². The number of aromatic nitrogens is 2. The van der Waals surface area contributed by atoms with Gasteiger partial charge in [-0.05, 0) is 81.5 Å². The summed E-state index contributed by atoms with van der Waals surface area (Å²) >= 11 is 6.80. The number of Topliss-reactive ketones (excluding diaryl/α,β-unsaturated/α-hetero) is 1. The van der Waals surface area contributed by atoms with E-state index >= 15 is 0 Å². The van der Waals surface area contributed by atoms with Crippen molar-refractivity contribution in [2.75, 3.05) is 26.7 Å². The Bertz CT molecular complexity index is 2390. The summed E-state index contributed by atoms with van der Waals surface area (Å²) in [6.45, 7) is -0.216. The second-order valence-electron chi connectivity index (χ2n) is 17.6. The molecule has 3 aromatic rings. The minimum atomic E-state index is -4.35. The van der Waals surface area contributed by atoms with E-state index in [0.717, 1.165) is 6.42 Å². The van der Waals surface area contributed by atoms with E-state index < -0.39 is 74.4 Å². The van der Waals surface area contributed by atoms with Crippen LogP contribution >= 0.6 is 11.6 Å². The molecule has 5 heterocycles. The summed E-state index contributed by atoms with van der Waals surface area (Å²) in [7, 11) is -2.44. The quantitative estimate of drug-likeness (QED) is 0.217. The van der Waals surface area contributed by atoms with Crippen LogP contribution in [0, 0.1) is 23.2 Å². The number of nitrogens with zero attached hydrogens (tertiary/aromatic N) is 4. The Labute approximate surface area is 369 Å². The fourth-order valence-corrected chi connectivity index (χ4v) is 11.1. The van der Waals surface area contributed by atoms with Crippen molar-refractivity contribution in [2.45, 2.75) is 107 Å². The predicted octanol–water partition coefficient (Wildman–Crippen LogP) is 7.21. The molecule has 5 aliphatic rings. The van der Waals surface area contributed by atoms with Crippen molar-refractivity contribution in [3.8, 4) is 22.9 Å². The van der Waals surface area contributed by atoms with Crippen LogP contribution in [0.15, 0.2) is 54.7 Å². The molecule has 2 aromatic heterocycles. The number of nitrogens with one attached hydrogen (secondary N) is 1. The number of likely N-dealkylation sites (tertiary alicyclic amines) is 1. The van der Waals surface area contributed by atoms with Gasteiger partial charge in [0.1, 0.15) is 22.6 Å². The van der Waals surface area contributed by atoms with E-state index in [2.05, 4.69) is 9.71 Å². The molecule has 18 heteroatoms. The Kier molecular flexibility index (Phi) is 12.8. The number of carbonyl (C=O) groups excluding carboxylic acids is 4. The van der Waals surface area contributed by atoms with Gasteiger partial charge in [0.2, 0.25) is 27.7 Å². The molecule has 1 N–H and O–H groups in total. The lowest BCUT2D eigenvalue weighted by Crippen LogP contribution is -2.47. The lowest BCUT2D eigenvalue weighted by molar-refractivity contribution is -0.186. The number of rotatable bonds is 9. The Morgan fingerprint density at radius 1 is 1.00 bits per heavy atom. The Balaban J connectivity index is 1.12. The van der Waals surface area contributed by atoms with Crippen LogP contribution in [0.3, 0.4) is 0 Å². The third-order valence-electron chi connectivity index (χ3n) is 13.4. The molecule has 3 amide bonds. The zero-order valence-corrected chi connectivity index (χ0v) is 36.5. The number of sulfonamides is 1. The normalized spacial score (nSPS) is 26.9. The number of benzene rings is 1. The van der Waals surface area contributed by atoms with Crippen molar-refractivity contribution in [2.24, 2.45) is 23.2 Å². The number of halogens is 4. The van der Waals surface area contributed by atoms with Gasteiger partial charge in [0.05, 0.1) is 53.2 Å². The second kappa shape index (κ2) is 18.0. The van der Waals surface area contributed by atoms with E-state index in [0.29, 0.717) is 72.3 Å². The van der Waals surface area contributed by atoms with Gasteiger partial charge in [-0.3, -0.25) is 28.9 Å². The largest absolute Gasteiger partial charge is 0.495 e. The van der Waals surface area contributed by atoms with Crippen molar-refractivity contribution in [1.82, 2.24) is 24.5 Å². The first-order chi connectivity index (χ1) is 30.1. The van der Waals surface area contributed by atoms with Gasteiger partial charge in [-0.1, -0.05) is 42.7 Å². The van der Waals surface area contributed by atoms with Crippen LogP contribution in [-0.4, -0.2) is 102 Å². The van der Waals surface area contributed by atoms with Gasteiger partial charge in [-0.15, -0.1) is 0 Å². The minimum absolute atomic E-state index is 0.0153. The third-order valence-corrected chi connectivity index (χ3v) is 15.5. The highest BCUT2D eigenvalue weighted by atomic mass is 35.5. The van der Waals surface area contributed by atoms with Crippen molar-refractivity contribution in [3.63, 3.8) is 0 Å². The lowest BCUT2D eigenvalue weighted by atomic mass is 9.90. The molecular formula is C45H51ClF3N5O8S. The molecule has 13 nitrogen and oxygen atoms in total. The molecule has 2 saturated carbocycles. The van der Waals surface area contributed by atoms with Gasteiger partial charge in [-0.2, -0.15) is 13.2 Å². The maximum atomic E-state index is 14.9. The fourth-order valence-electron chi connectivity index (χ4n) is 9.41. The fraction of sp³-hybridized carbons (Fsp3) is 0.556. The van der Waals surface area contributed by atoms with Crippen LogP contribution in [0.1, 0.15) is 83.5 Å². The summed E-state index contributed by atoms with van der Waals surface area (Å²) in [5, 5.41) is 0.108. The van der Waals surface area contributed by atoms with Crippen molar-refractivity contribution >= 4 is 56.0 Å². The zero-order valence-electron chi connectivity index (χ0n) is 34.9. The molecule has 63 heavy (non-hydrogen) atoms. The summed E-state index contributed by atoms with van der Waals surface area (Å²) in [5.41, 5.74) is 0.000640. The maximum Gasteiger partial charge on any atom is 0.391 e. The Hall–Kier alpha value is -4.77. The summed E-state index contributed by atoms with van der Waals surface area (Å²) < 4.78 is 80.9. The summed E-state index contributed by atoms with van der Waals surface area (Å²) in [6, 6.07) is 9.37. The van der Waals surface area contributed by atoms with E-state index in [4.69, 9.17) is 26.1 Å². The van der Waals surface area contributed by atoms with Crippen LogP contribution in [0.25, 0.3) is 22.3 Å². The topological polar surface area (TPSA) is 165 Å². The minimum Gasteiger partial charge on any atom is -0.495 e. The molecule has 2 saturated heterocycles. The lowest BCUT2D eigenvalue weighted by Gasteiger charge is -2.34. The zero-order chi connectivity index (χ0) is 44.7. The van der Waals surface area contributed by atoms with E-state index in [9.17, 15) is 40.8 Å². The van der Waals surface area contributed by atoms with Gasteiger partial charge in [-0.25, -0.2) is 13.4 Å². The second-order valence-corrected chi connectivity index (χ2v) is 20.0. The van der Waals surface area contributed by atoms with E-state index in [-0.39, 0.29) is 69.1 Å². The average Bonchev–Trinajstić information content (AvgIpc) is 4.19. The summed E-state index contributed by atoms with van der Waals surface area (Å²) in [6.07, 6.45) is 3.49. The Morgan fingerprint density at radius 2 is 1.78 bits per heavy atom. The number of methoxy groups -OCH3 is 1. The van der Waals surface area contributed by atoms with Gasteiger partial charge >= 0.3 is 6.18 Å². The molecule has 0 bridgehead atoms. The van der Waals surface area contributed by atoms with Crippen molar-refractivity contribution in [3.05, 3.63) is 59.8 Å². The van der Waals surface area contributed by atoms with Gasteiger partial charge in [0, 0.05) is 55.9 Å². The molecule has 338 valence electrons. The predicted molar refractivity (Wildman–Crippen MR) is 227 cm³/mol. The number of hydrogen-bond donors (Lipinski definition) is 1. The number of ether oxygens (including phenoxy) is 2. The number of fused-ring (bicyclic) bond motifs is 3. The SMILES string of the molecule is COc1ccc2c(O[C@@H]3C[C@H]4C(=O)C[C@]5(C(=O)NS(=O)(=O)C6CC6)C[C@H]5/C=C\CCCCC[C@H](CC(=O)N5CCC(C(F)(F)F)CC5)C(=O)N4C3)cc(-c3ccccn3)nc2c1Cl. The van der Waals surface area contributed by atoms with Gasteiger partial charge in [0.25, 0.3) is 0 Å². The first-order valence-electron chi connectivity index (χ1n) is 21.7. The number of ketones is 1. The van der Waals surface area contributed by atoms with Crippen LogP contribution < -0.4 is 14.2 Å². The molecule has 0 unspecified atom stereocenters. The molecule has 0 spiro atoms. The van der Waals surface area contributed by atoms with Crippen LogP contribution in [0.4, 0.5) is 13.2 Å². The van der Waals surface area contributed by atoms with Crippen molar-refractivity contribution < 1.29 is 50.2 Å². The highest BCUT2D eigenvalue weighted by Gasteiger charge is 2.61. The monoisotopic (exact) mass is 913 g/mol. The van der Waals surface area contributed by atoms with Gasteiger partial charge in [0.15, 0.2) is 5.78 Å². The van der Waals surface area contributed by atoms with Crippen molar-refractivity contribution in [1.29, 1.82) is 0 Å². The molecule has 2 aliphatic carbocycles. The molecule has 8 rings (SSSR count). The number of piperidine rings is 1. The smallest absolute Gasteiger partial charge is 0.391 e. The number of allylic oxidation sites excluding steroid dienone is 2. The number of hydrogen-bond acceptors (Lipinski definition) is 10. The number of alkyl halides is 3. The Morgan fingerprint density at radius 3 is 2.48 bits per heavy atom. The third kappa shape index (κ3) is 9.69. The molecule has 5 atom stereocenters. The molecular weight excluding hydrogens is 863 g/mol. The van der Waals surface area contributed by atoms with Gasteiger partial charge < -0.3 is 19.3 Å². The average molecular weight is 914 g/mol. The maximum absolute atomic E-state index is 14.9. The standard InChI is InChI=1S/C45H51ClF3N5O8S/c1-61-37-15-14-32-38(23-34(51-41(32)40(37)46)33-11-7-8-18-50-33)62-30-22-35-36(55)25-44(43(58)52-63(59,60)31-12-13-31)24-29(44)10-6-4-2-3-5-9-27(42(57)54(35)26-30)21-39(56)53-19-16-28(17-20-53)45(47,48)49/h6-8,10-11,14-15,18,23,27-31,35H,2-5,9,12-13,16-17,19-22,24-26H2,1H3,(H,52,58)/b10-6-/t27-,29-,30-,35+,44-/m1/s1. The first-order valence-corrected chi connectivity index (χ1v) is 23.7. The first kappa shape index (κ1) is 44.8. The highest BCUT2D eigenvalue weighted by Crippen LogP contribution is 2.57. The van der Waals surface area contributed by atoms with E-state index in [1.165, 1.54) is 16.9 Å². The molecule has 4 fully saturated rings. The number of carbonyl (C=O) groups is 4. The molecule has 0 radical (unpaired) electrons. The number of pyridine rings is 2. The molecule has 3 aliphatic heterocycles. The number of amides is 3. The highest BCUT2D eigenvalue weighted by molar-refractivity contribution is 7.90. The van der Waals surface area contributed by atoms with Crippen LogP contribution in [-0.2, 0) is 29.2 Å². The molecule has 1 aromatic carbocycles. The summed E-state index contributed by atoms with van der Waals surface area (Å²) in [4.78, 5) is 69.5.